The molecule has 0 aliphatic heterocycles. The Morgan fingerprint density at radius 2 is 1.71 bits per heavy atom. The molecule has 0 saturated heterocycles. The van der Waals surface area contributed by atoms with Crippen molar-refractivity contribution in [2.24, 2.45) is 0 Å². The second kappa shape index (κ2) is 10.1. The van der Waals surface area contributed by atoms with Crippen LogP contribution in [-0.2, 0) is 14.3 Å². The van der Waals surface area contributed by atoms with Crippen LogP contribution < -0.4 is 5.32 Å². The third-order valence-corrected chi connectivity index (χ3v) is 2.71. The lowest BCUT2D eigenvalue weighted by Gasteiger charge is -2.15. The molecule has 0 aliphatic rings. The highest BCUT2D eigenvalue weighted by molar-refractivity contribution is 5.83. The molecule has 4 nitrogen and oxygen atoms in total. The first kappa shape index (κ1) is 15.9. The Balaban J connectivity index is 3.76. The Bertz CT molecular complexity index is 229. The molecule has 17 heavy (non-hydrogen) atoms. The standard InChI is InChI=1S/C13H25NO3/c1-4-5-6-7-8-9-10-12(13(16)17-3)14-11(2)15/h12H,4-10H2,1-3H3,(H,14,15)/t12-/m0/s1. The van der Waals surface area contributed by atoms with E-state index in [4.69, 9.17) is 0 Å². The Labute approximate surface area is 104 Å². The van der Waals surface area contributed by atoms with Crippen LogP contribution in [0.25, 0.3) is 0 Å². The van der Waals surface area contributed by atoms with Gasteiger partial charge in [-0.15, -0.1) is 0 Å². The average Bonchev–Trinajstić information content (AvgIpc) is 2.30. The van der Waals surface area contributed by atoms with Gasteiger partial charge in [0.05, 0.1) is 7.11 Å². The molecule has 0 unspecified atom stereocenters. The first-order chi connectivity index (χ1) is 8.11. The van der Waals surface area contributed by atoms with Gasteiger partial charge in [-0.2, -0.15) is 0 Å². The number of carbonyl (C=O) groups is 2. The van der Waals surface area contributed by atoms with Gasteiger partial charge in [0.2, 0.25) is 5.91 Å². The van der Waals surface area contributed by atoms with Gasteiger partial charge in [0.15, 0.2) is 0 Å². The van der Waals surface area contributed by atoms with Gasteiger partial charge in [0.25, 0.3) is 0 Å². The van der Waals surface area contributed by atoms with Crippen LogP contribution in [0.5, 0.6) is 0 Å². The van der Waals surface area contributed by atoms with Crippen molar-refractivity contribution < 1.29 is 14.3 Å². The average molecular weight is 243 g/mol. The highest BCUT2D eigenvalue weighted by Gasteiger charge is 2.18. The Kier molecular flexibility index (Phi) is 9.49. The molecule has 0 aliphatic carbocycles. The van der Waals surface area contributed by atoms with Gasteiger partial charge in [0, 0.05) is 6.92 Å². The summed E-state index contributed by atoms with van der Waals surface area (Å²) in [5.41, 5.74) is 0. The minimum atomic E-state index is -0.483. The lowest BCUT2D eigenvalue weighted by atomic mass is 10.1. The predicted octanol–water partition coefficient (Wildman–Crippen LogP) is 2.41. The molecular formula is C13H25NO3. The first-order valence-corrected chi connectivity index (χ1v) is 6.46. The van der Waals surface area contributed by atoms with E-state index in [-0.39, 0.29) is 11.9 Å². The van der Waals surface area contributed by atoms with Gasteiger partial charge < -0.3 is 10.1 Å². The SMILES string of the molecule is CCCCCCCC[C@H](NC(C)=O)C(=O)OC. The molecule has 0 aromatic carbocycles. The van der Waals surface area contributed by atoms with Crippen molar-refractivity contribution in [1.82, 2.24) is 5.32 Å². The summed E-state index contributed by atoms with van der Waals surface area (Å²) in [7, 11) is 1.35. The maximum atomic E-state index is 11.4. The van der Waals surface area contributed by atoms with E-state index in [2.05, 4.69) is 17.0 Å². The van der Waals surface area contributed by atoms with E-state index >= 15 is 0 Å². The maximum absolute atomic E-state index is 11.4. The fourth-order valence-electron chi connectivity index (χ4n) is 1.77. The van der Waals surface area contributed by atoms with Crippen molar-refractivity contribution in [1.29, 1.82) is 0 Å². The Morgan fingerprint density at radius 3 is 2.24 bits per heavy atom. The minimum absolute atomic E-state index is 0.189. The van der Waals surface area contributed by atoms with E-state index in [1.165, 1.54) is 39.7 Å². The topological polar surface area (TPSA) is 55.4 Å². The summed E-state index contributed by atoms with van der Waals surface area (Å²) < 4.78 is 4.66. The largest absolute Gasteiger partial charge is 0.467 e. The highest BCUT2D eigenvalue weighted by atomic mass is 16.5. The van der Waals surface area contributed by atoms with Crippen LogP contribution in [0.1, 0.15) is 58.8 Å². The predicted molar refractivity (Wildman–Crippen MR) is 67.6 cm³/mol. The number of hydrogen-bond acceptors (Lipinski definition) is 3. The van der Waals surface area contributed by atoms with Crippen molar-refractivity contribution in [2.75, 3.05) is 7.11 Å². The zero-order chi connectivity index (χ0) is 13.1. The van der Waals surface area contributed by atoms with Gasteiger partial charge in [-0.05, 0) is 6.42 Å². The zero-order valence-electron chi connectivity index (χ0n) is 11.3. The molecular weight excluding hydrogens is 218 g/mol. The van der Waals surface area contributed by atoms with Crippen molar-refractivity contribution >= 4 is 11.9 Å². The second-order valence-electron chi connectivity index (χ2n) is 4.33. The van der Waals surface area contributed by atoms with Gasteiger partial charge in [-0.1, -0.05) is 45.4 Å². The smallest absolute Gasteiger partial charge is 0.328 e. The van der Waals surface area contributed by atoms with E-state index in [0.717, 1.165) is 12.8 Å². The lowest BCUT2D eigenvalue weighted by Crippen LogP contribution is -2.40. The molecule has 1 amide bonds. The number of esters is 1. The minimum Gasteiger partial charge on any atom is -0.467 e. The van der Waals surface area contributed by atoms with Crippen LogP contribution in [-0.4, -0.2) is 25.0 Å². The quantitative estimate of drug-likeness (QED) is 0.500. The van der Waals surface area contributed by atoms with Crippen molar-refractivity contribution in [3.05, 3.63) is 0 Å². The first-order valence-electron chi connectivity index (χ1n) is 6.46. The van der Waals surface area contributed by atoms with Crippen LogP contribution in [0.4, 0.5) is 0 Å². The molecule has 1 atom stereocenters. The van der Waals surface area contributed by atoms with Gasteiger partial charge in [0.1, 0.15) is 6.04 Å². The molecule has 4 heteroatoms. The summed E-state index contributed by atoms with van der Waals surface area (Å²) in [5.74, 6) is -0.542. The molecule has 0 bridgehead atoms. The molecule has 0 aromatic rings. The maximum Gasteiger partial charge on any atom is 0.328 e. The number of carbonyl (C=O) groups excluding carboxylic acids is 2. The molecule has 0 rings (SSSR count). The Morgan fingerprint density at radius 1 is 1.12 bits per heavy atom. The molecule has 0 aromatic heterocycles. The third kappa shape index (κ3) is 8.72. The van der Waals surface area contributed by atoms with E-state index < -0.39 is 6.04 Å². The number of unbranched alkanes of at least 4 members (excludes halogenated alkanes) is 5. The number of methoxy groups -OCH3 is 1. The lowest BCUT2D eigenvalue weighted by molar-refractivity contribution is -0.145. The number of hydrogen-bond donors (Lipinski definition) is 1. The summed E-state index contributed by atoms with van der Waals surface area (Å²) in [5, 5.41) is 2.62. The van der Waals surface area contributed by atoms with E-state index in [9.17, 15) is 9.59 Å². The molecule has 0 fully saturated rings. The molecule has 100 valence electrons. The molecule has 0 heterocycles. The summed E-state index contributed by atoms with van der Waals surface area (Å²) >= 11 is 0. The van der Waals surface area contributed by atoms with Gasteiger partial charge in [-0.25, -0.2) is 4.79 Å². The van der Waals surface area contributed by atoms with Gasteiger partial charge >= 0.3 is 5.97 Å². The Hall–Kier alpha value is -1.06. The van der Waals surface area contributed by atoms with Crippen LogP contribution in [0.15, 0.2) is 0 Å². The fourth-order valence-corrected chi connectivity index (χ4v) is 1.77. The van der Waals surface area contributed by atoms with Crippen molar-refractivity contribution in [2.45, 2.75) is 64.8 Å². The van der Waals surface area contributed by atoms with Crippen LogP contribution >= 0.6 is 0 Å². The summed E-state index contributed by atoms with van der Waals surface area (Å²) in [6.45, 7) is 3.60. The fraction of sp³-hybridized carbons (Fsp3) is 0.846. The van der Waals surface area contributed by atoms with Crippen LogP contribution in [0.3, 0.4) is 0 Å². The molecule has 0 saturated carbocycles. The molecule has 1 N–H and O–H groups in total. The van der Waals surface area contributed by atoms with Crippen molar-refractivity contribution in [3.63, 3.8) is 0 Å². The molecule has 0 radical (unpaired) electrons. The van der Waals surface area contributed by atoms with E-state index in [1.54, 1.807) is 0 Å². The zero-order valence-corrected chi connectivity index (χ0v) is 11.3. The van der Waals surface area contributed by atoms with Crippen molar-refractivity contribution in [3.8, 4) is 0 Å². The van der Waals surface area contributed by atoms with Gasteiger partial charge in [-0.3, -0.25) is 4.79 Å². The number of nitrogens with one attached hydrogen (secondary N) is 1. The second-order valence-corrected chi connectivity index (χ2v) is 4.33. The summed E-state index contributed by atoms with van der Waals surface area (Å²) in [6.07, 6.45) is 7.67. The van der Waals surface area contributed by atoms with E-state index in [0.29, 0.717) is 6.42 Å². The molecule has 0 spiro atoms. The van der Waals surface area contributed by atoms with Crippen LogP contribution in [0.2, 0.25) is 0 Å². The normalized spacial score (nSPS) is 11.9. The van der Waals surface area contributed by atoms with Crippen LogP contribution in [0, 0.1) is 0 Å². The monoisotopic (exact) mass is 243 g/mol. The number of ether oxygens (including phenoxy) is 1. The number of rotatable bonds is 9. The number of amides is 1. The van der Waals surface area contributed by atoms with E-state index in [1.807, 2.05) is 0 Å². The summed E-state index contributed by atoms with van der Waals surface area (Å²) in [4.78, 5) is 22.3. The summed E-state index contributed by atoms with van der Waals surface area (Å²) in [6, 6.07) is -0.483. The highest BCUT2D eigenvalue weighted by Crippen LogP contribution is 2.09. The third-order valence-electron chi connectivity index (χ3n) is 2.71.